The molecule has 3 aromatic rings. The lowest BCUT2D eigenvalue weighted by Gasteiger charge is -2.38. The number of hydrogen-bond donors (Lipinski definition) is 2. The number of benzene rings is 1. The fourth-order valence-corrected chi connectivity index (χ4v) is 6.11. The number of carbonyl (C=O) groups excluding carboxylic acids is 2. The van der Waals surface area contributed by atoms with Crippen molar-refractivity contribution in [1.29, 1.82) is 0 Å². The van der Waals surface area contributed by atoms with Gasteiger partial charge in [0.25, 0.3) is 0 Å². The van der Waals surface area contributed by atoms with Gasteiger partial charge in [-0.25, -0.2) is 33.6 Å². The Labute approximate surface area is 246 Å². The lowest BCUT2D eigenvalue weighted by molar-refractivity contribution is -0.136. The van der Waals surface area contributed by atoms with Crippen LogP contribution in [0.2, 0.25) is 5.02 Å². The van der Waals surface area contributed by atoms with E-state index in [-0.39, 0.29) is 47.5 Å². The lowest BCUT2D eigenvalue weighted by Crippen LogP contribution is -2.53. The average Bonchev–Trinajstić information content (AvgIpc) is 3.73. The number of anilines is 1. The van der Waals surface area contributed by atoms with Gasteiger partial charge < -0.3 is 24.5 Å². The Morgan fingerprint density at radius 3 is 2.81 bits per heavy atom. The Bertz CT molecular complexity index is 1630. The molecular formula is C26H23ClFN7O6S. The van der Waals surface area contributed by atoms with Crippen LogP contribution >= 0.6 is 22.9 Å². The van der Waals surface area contributed by atoms with Crippen molar-refractivity contribution in [1.82, 2.24) is 25.1 Å². The number of fused-ring (bicyclic) bond motifs is 1. The summed E-state index contributed by atoms with van der Waals surface area (Å²) in [5.74, 6) is -2.35. The van der Waals surface area contributed by atoms with Crippen LogP contribution in [0.5, 0.6) is 0 Å². The number of halogens is 2. The number of amides is 2. The Morgan fingerprint density at radius 2 is 2.12 bits per heavy atom. The number of esters is 1. The molecule has 2 saturated heterocycles. The standard InChI is InChI=1S/C26H23ClFN7O6S/c1-40-24(38)19-17(31-21(22-29-4-7-42-22)32-20(19)15-3-2-13(28)8-16(15)27)12-33-5-6-34-14(10-33)11-35(26(34)39)25-30-9-18(41-25)23(36)37/h2-4,7-9,14,20H,5-6,10-12H2,1H3,(H,31,32)(H,36,37)/t14-,20-/m0/s1. The molecule has 2 fully saturated rings. The smallest absolute Gasteiger partial charge is 0.373 e. The highest BCUT2D eigenvalue weighted by Gasteiger charge is 2.44. The van der Waals surface area contributed by atoms with Gasteiger partial charge >= 0.3 is 24.0 Å². The van der Waals surface area contributed by atoms with Crippen molar-refractivity contribution in [2.24, 2.45) is 4.99 Å². The lowest BCUT2D eigenvalue weighted by atomic mass is 9.95. The van der Waals surface area contributed by atoms with Crippen LogP contribution in [0.25, 0.3) is 0 Å². The topological polar surface area (TPSA) is 154 Å². The molecule has 0 unspecified atom stereocenters. The van der Waals surface area contributed by atoms with Gasteiger partial charge in [0.05, 0.1) is 31.5 Å². The van der Waals surface area contributed by atoms with Crippen LogP contribution in [0.3, 0.4) is 0 Å². The molecule has 0 aliphatic carbocycles. The first-order valence-corrected chi connectivity index (χ1v) is 14.0. The van der Waals surface area contributed by atoms with Gasteiger partial charge in [-0.2, -0.15) is 0 Å². The molecule has 2 aromatic heterocycles. The van der Waals surface area contributed by atoms with E-state index in [2.05, 4.69) is 20.2 Å². The number of aromatic nitrogens is 2. The highest BCUT2D eigenvalue weighted by atomic mass is 35.5. The number of ether oxygens (including phenoxy) is 1. The summed E-state index contributed by atoms with van der Waals surface area (Å²) in [5.41, 5.74) is 1.17. The summed E-state index contributed by atoms with van der Waals surface area (Å²) in [6.45, 7) is 1.82. The number of aliphatic imine (C=N–C) groups is 1. The average molecular weight is 616 g/mol. The van der Waals surface area contributed by atoms with E-state index < -0.39 is 23.8 Å². The third-order valence-electron chi connectivity index (χ3n) is 7.18. The predicted molar refractivity (Wildman–Crippen MR) is 148 cm³/mol. The van der Waals surface area contributed by atoms with Gasteiger partial charge in [-0.05, 0) is 12.1 Å². The van der Waals surface area contributed by atoms with Crippen LogP contribution in [0.15, 0.2) is 56.7 Å². The number of aromatic carboxylic acids is 1. The van der Waals surface area contributed by atoms with Crippen LogP contribution in [-0.2, 0) is 9.53 Å². The van der Waals surface area contributed by atoms with Crippen molar-refractivity contribution >= 4 is 52.8 Å². The molecule has 0 saturated carbocycles. The fraction of sp³-hybridized carbons (Fsp3) is 0.308. The number of carboxylic acids is 1. The van der Waals surface area contributed by atoms with Gasteiger partial charge in [0.1, 0.15) is 11.9 Å². The summed E-state index contributed by atoms with van der Waals surface area (Å²) in [7, 11) is 1.27. The van der Waals surface area contributed by atoms with Crippen LogP contribution < -0.4 is 10.2 Å². The van der Waals surface area contributed by atoms with E-state index in [0.717, 1.165) is 6.20 Å². The fourth-order valence-electron chi connectivity index (χ4n) is 5.26. The molecule has 0 bridgehead atoms. The van der Waals surface area contributed by atoms with Gasteiger partial charge in [-0.1, -0.05) is 17.7 Å². The molecule has 2 atom stereocenters. The Kier molecular flexibility index (Phi) is 7.38. The van der Waals surface area contributed by atoms with Gasteiger partial charge in [-0.3, -0.25) is 9.89 Å². The van der Waals surface area contributed by atoms with E-state index in [4.69, 9.17) is 30.9 Å². The molecule has 0 spiro atoms. The molecule has 218 valence electrons. The van der Waals surface area contributed by atoms with Gasteiger partial charge in [0.15, 0.2) is 10.8 Å². The number of hydrogen-bond acceptors (Lipinski definition) is 11. The number of carboxylic acid groups (broad SMARTS) is 1. The van der Waals surface area contributed by atoms with Gasteiger partial charge in [0.2, 0.25) is 5.76 Å². The second-order valence-corrected chi connectivity index (χ2v) is 11.0. The van der Waals surface area contributed by atoms with E-state index in [1.165, 1.54) is 41.5 Å². The van der Waals surface area contributed by atoms with Crippen LogP contribution in [0, 0.1) is 5.82 Å². The van der Waals surface area contributed by atoms with E-state index in [1.54, 1.807) is 16.5 Å². The number of oxazole rings is 1. The molecule has 3 aliphatic heterocycles. The van der Waals surface area contributed by atoms with Crippen LogP contribution in [0.4, 0.5) is 15.2 Å². The minimum Gasteiger partial charge on any atom is -0.475 e. The molecule has 2 N–H and O–H groups in total. The maximum absolute atomic E-state index is 13.9. The first kappa shape index (κ1) is 27.8. The maximum Gasteiger partial charge on any atom is 0.373 e. The zero-order chi connectivity index (χ0) is 29.5. The third kappa shape index (κ3) is 5.10. The molecule has 13 nitrogen and oxygen atoms in total. The van der Waals surface area contributed by atoms with Gasteiger partial charge in [-0.15, -0.1) is 11.3 Å². The van der Waals surface area contributed by atoms with Gasteiger partial charge in [0, 0.05) is 54.0 Å². The first-order valence-electron chi connectivity index (χ1n) is 12.7. The quantitative estimate of drug-likeness (QED) is 0.379. The number of rotatable bonds is 7. The summed E-state index contributed by atoms with van der Waals surface area (Å²) in [6, 6.07) is 2.38. The third-order valence-corrected chi connectivity index (χ3v) is 8.28. The van der Waals surface area contributed by atoms with E-state index >= 15 is 0 Å². The Balaban J connectivity index is 1.29. The second-order valence-electron chi connectivity index (χ2n) is 9.68. The molecule has 16 heteroatoms. The zero-order valence-corrected chi connectivity index (χ0v) is 23.6. The van der Waals surface area contributed by atoms with Crippen LogP contribution in [0.1, 0.15) is 27.2 Å². The highest BCUT2D eigenvalue weighted by Crippen LogP contribution is 2.37. The SMILES string of the molecule is COC(=O)C1=C(CN2CCN3C(=O)N(c4ncc(C(=O)O)o4)C[C@@H]3C2)NC(c2nccs2)=N[C@H]1c1ccc(F)cc1Cl. The predicted octanol–water partition coefficient (Wildman–Crippen LogP) is 2.77. The largest absolute Gasteiger partial charge is 0.475 e. The Hall–Kier alpha value is -4.34. The number of methoxy groups -OCH3 is 1. The summed E-state index contributed by atoms with van der Waals surface area (Å²) < 4.78 is 24.3. The first-order chi connectivity index (χ1) is 20.2. The molecule has 42 heavy (non-hydrogen) atoms. The summed E-state index contributed by atoms with van der Waals surface area (Å²) >= 11 is 7.79. The Morgan fingerprint density at radius 1 is 1.29 bits per heavy atom. The summed E-state index contributed by atoms with van der Waals surface area (Å²) in [6.07, 6.45) is 2.70. The van der Waals surface area contributed by atoms with Crippen molar-refractivity contribution in [3.63, 3.8) is 0 Å². The zero-order valence-electron chi connectivity index (χ0n) is 22.0. The van der Waals surface area contributed by atoms with Crippen molar-refractivity contribution in [2.75, 3.05) is 44.7 Å². The second kappa shape index (κ2) is 11.2. The number of urea groups is 1. The maximum atomic E-state index is 13.9. The number of nitrogens with zero attached hydrogens (tertiary/aromatic N) is 6. The minimum absolute atomic E-state index is 0.0775. The van der Waals surface area contributed by atoms with Crippen molar-refractivity contribution in [3.8, 4) is 0 Å². The van der Waals surface area contributed by atoms with Crippen molar-refractivity contribution in [2.45, 2.75) is 12.1 Å². The molecule has 5 heterocycles. The highest BCUT2D eigenvalue weighted by molar-refractivity contribution is 7.11. The molecule has 1 aromatic carbocycles. The number of amidine groups is 1. The van der Waals surface area contributed by atoms with E-state index in [1.807, 2.05) is 0 Å². The molecule has 3 aliphatic rings. The summed E-state index contributed by atoms with van der Waals surface area (Å²) in [5, 5.41) is 14.9. The monoisotopic (exact) mass is 615 g/mol. The molecular weight excluding hydrogens is 593 g/mol. The van der Waals surface area contributed by atoms with Crippen molar-refractivity contribution in [3.05, 3.63) is 74.4 Å². The molecule has 2 amide bonds. The number of carbonyl (C=O) groups is 3. The van der Waals surface area contributed by atoms with Crippen molar-refractivity contribution < 1.29 is 33.0 Å². The minimum atomic E-state index is -1.28. The van der Waals surface area contributed by atoms with E-state index in [0.29, 0.717) is 41.7 Å². The van der Waals surface area contributed by atoms with Crippen LogP contribution in [-0.4, -0.2) is 94.6 Å². The number of thiazole rings is 1. The van der Waals surface area contributed by atoms with E-state index in [9.17, 15) is 18.8 Å². The molecule has 0 radical (unpaired) electrons. The summed E-state index contributed by atoms with van der Waals surface area (Å²) in [4.78, 5) is 55.6. The number of piperazine rings is 1. The molecule has 6 rings (SSSR count). The number of nitrogens with one attached hydrogen (secondary N) is 1. The normalized spacial score (nSPS) is 20.8.